The molecule has 0 bridgehead atoms. The Bertz CT molecular complexity index is 874. The maximum absolute atomic E-state index is 11.3. The predicted octanol–water partition coefficient (Wildman–Crippen LogP) is 3.06. The summed E-state index contributed by atoms with van der Waals surface area (Å²) in [5.74, 6) is 0.120. The van der Waals surface area contributed by atoms with Gasteiger partial charge in [0, 0.05) is 35.7 Å². The summed E-state index contributed by atoms with van der Waals surface area (Å²) in [5.41, 5.74) is 2.53. The molecule has 0 aliphatic carbocycles. The number of aryl methyl sites for hydroxylation is 1. The van der Waals surface area contributed by atoms with Crippen LogP contribution in [0.1, 0.15) is 16.1 Å². The minimum atomic E-state index is -0.497. The molecule has 0 fully saturated rings. The molecule has 0 aliphatic rings. The van der Waals surface area contributed by atoms with Crippen LogP contribution in [0.3, 0.4) is 0 Å². The number of nitrogens with zero attached hydrogens (tertiary/aromatic N) is 3. The van der Waals surface area contributed by atoms with Crippen molar-refractivity contribution in [2.75, 3.05) is 19.0 Å². The van der Waals surface area contributed by atoms with Gasteiger partial charge in [-0.05, 0) is 36.2 Å². The normalized spacial score (nSPS) is 10.8. The van der Waals surface area contributed by atoms with Gasteiger partial charge in [0.15, 0.2) is 5.69 Å². The van der Waals surface area contributed by atoms with Crippen molar-refractivity contribution in [1.82, 2.24) is 14.8 Å². The van der Waals surface area contributed by atoms with Gasteiger partial charge >= 0.3 is 5.97 Å². The number of aromatic nitrogens is 3. The maximum Gasteiger partial charge on any atom is 0.358 e. The molecule has 3 rings (SSSR count). The first-order valence-electron chi connectivity index (χ1n) is 7.48. The van der Waals surface area contributed by atoms with Gasteiger partial charge in [-0.3, -0.25) is 0 Å². The number of ether oxygens (including phenoxy) is 1. The van der Waals surface area contributed by atoms with Gasteiger partial charge < -0.3 is 14.6 Å². The Kier molecular flexibility index (Phi) is 4.66. The van der Waals surface area contributed by atoms with Crippen LogP contribution in [0, 0.1) is 0 Å². The van der Waals surface area contributed by atoms with Gasteiger partial charge in [-0.25, -0.2) is 4.79 Å². The lowest BCUT2D eigenvalue weighted by Crippen LogP contribution is -2.09. The molecule has 0 radical (unpaired) electrons. The van der Waals surface area contributed by atoms with E-state index in [1.54, 1.807) is 12.1 Å². The molecule has 24 heavy (non-hydrogen) atoms. The fraction of sp³-hybridized carbons (Fsp3) is 0.235. The van der Waals surface area contributed by atoms with Gasteiger partial charge in [-0.15, -0.1) is 10.2 Å². The molecular formula is C17H17ClN4O2. The van der Waals surface area contributed by atoms with Crippen molar-refractivity contribution in [2.45, 2.75) is 6.42 Å². The van der Waals surface area contributed by atoms with Crippen LogP contribution in [0.2, 0.25) is 5.02 Å². The molecule has 6 nitrogen and oxygen atoms in total. The smallest absolute Gasteiger partial charge is 0.358 e. The van der Waals surface area contributed by atoms with Crippen molar-refractivity contribution in [3.05, 3.63) is 52.8 Å². The Labute approximate surface area is 144 Å². The molecule has 0 saturated carbocycles. The third kappa shape index (κ3) is 3.33. The standard InChI is InChI=1S/C17H17ClN4O2/c1-22-10-11(13-4-3-12(18)9-15(13)22)7-8-19-16-6-5-14(20-21-16)17(23)24-2/h3-6,9-10H,7-8H2,1-2H3,(H,19,21). The number of hydrogen-bond acceptors (Lipinski definition) is 5. The fourth-order valence-corrected chi connectivity index (χ4v) is 2.77. The summed E-state index contributed by atoms with van der Waals surface area (Å²) >= 11 is 6.06. The molecule has 0 unspecified atom stereocenters. The molecule has 124 valence electrons. The Morgan fingerprint density at radius 1 is 1.29 bits per heavy atom. The number of carbonyl (C=O) groups is 1. The molecule has 2 aromatic heterocycles. The molecule has 0 saturated heterocycles. The summed E-state index contributed by atoms with van der Waals surface area (Å²) in [5, 5.41) is 12.9. The van der Waals surface area contributed by atoms with E-state index in [9.17, 15) is 4.79 Å². The number of rotatable bonds is 5. The number of hydrogen-bond donors (Lipinski definition) is 1. The highest BCUT2D eigenvalue weighted by Gasteiger charge is 2.09. The summed E-state index contributed by atoms with van der Waals surface area (Å²) < 4.78 is 6.66. The highest BCUT2D eigenvalue weighted by atomic mass is 35.5. The van der Waals surface area contributed by atoms with Gasteiger partial charge in [0.25, 0.3) is 0 Å². The summed E-state index contributed by atoms with van der Waals surface area (Å²) in [4.78, 5) is 11.3. The SMILES string of the molecule is COC(=O)c1ccc(NCCc2cn(C)c3cc(Cl)ccc23)nn1. The van der Waals surface area contributed by atoms with E-state index < -0.39 is 5.97 Å². The van der Waals surface area contributed by atoms with E-state index >= 15 is 0 Å². The first-order chi connectivity index (χ1) is 11.6. The highest BCUT2D eigenvalue weighted by Crippen LogP contribution is 2.24. The second kappa shape index (κ2) is 6.88. The predicted molar refractivity (Wildman–Crippen MR) is 93.5 cm³/mol. The van der Waals surface area contributed by atoms with Gasteiger partial charge in [-0.1, -0.05) is 17.7 Å². The number of methoxy groups -OCH3 is 1. The van der Waals surface area contributed by atoms with Crippen molar-refractivity contribution in [2.24, 2.45) is 7.05 Å². The van der Waals surface area contributed by atoms with Crippen LogP contribution in [0.5, 0.6) is 0 Å². The van der Waals surface area contributed by atoms with E-state index in [0.717, 1.165) is 17.0 Å². The summed E-state index contributed by atoms with van der Waals surface area (Å²) in [6.45, 7) is 0.702. The molecule has 0 atom stereocenters. The van der Waals surface area contributed by atoms with Gasteiger partial charge in [0.1, 0.15) is 5.82 Å². The zero-order valence-corrected chi connectivity index (χ0v) is 14.2. The Morgan fingerprint density at radius 2 is 2.12 bits per heavy atom. The molecule has 0 amide bonds. The molecule has 3 aromatic rings. The van der Waals surface area contributed by atoms with Crippen molar-refractivity contribution in [3.8, 4) is 0 Å². The summed E-state index contributed by atoms with van der Waals surface area (Å²) in [6, 6.07) is 9.20. The molecule has 1 N–H and O–H groups in total. The van der Waals surface area contributed by atoms with Gasteiger partial charge in [0.2, 0.25) is 0 Å². The number of anilines is 1. The topological polar surface area (TPSA) is 69.0 Å². The Morgan fingerprint density at radius 3 is 2.83 bits per heavy atom. The second-order valence-corrected chi connectivity index (χ2v) is 5.84. The van der Waals surface area contributed by atoms with Crippen LogP contribution in [-0.2, 0) is 18.2 Å². The third-order valence-electron chi connectivity index (χ3n) is 3.79. The Balaban J connectivity index is 1.65. The highest BCUT2D eigenvalue weighted by molar-refractivity contribution is 6.31. The van der Waals surface area contributed by atoms with Gasteiger partial charge in [-0.2, -0.15) is 0 Å². The minimum absolute atomic E-state index is 0.189. The average Bonchev–Trinajstić information content (AvgIpc) is 2.90. The van der Waals surface area contributed by atoms with Crippen molar-refractivity contribution >= 4 is 34.3 Å². The monoisotopic (exact) mass is 344 g/mol. The van der Waals surface area contributed by atoms with E-state index in [0.29, 0.717) is 12.4 Å². The summed E-state index contributed by atoms with van der Waals surface area (Å²) in [6.07, 6.45) is 2.94. The molecule has 0 aliphatic heterocycles. The number of nitrogens with one attached hydrogen (secondary N) is 1. The zero-order chi connectivity index (χ0) is 17.1. The number of fused-ring (bicyclic) bond motifs is 1. The first kappa shape index (κ1) is 16.3. The number of halogens is 1. The number of esters is 1. The first-order valence-corrected chi connectivity index (χ1v) is 7.85. The van der Waals surface area contributed by atoms with Crippen LogP contribution in [0.4, 0.5) is 5.82 Å². The third-order valence-corrected chi connectivity index (χ3v) is 4.03. The molecule has 2 heterocycles. The fourth-order valence-electron chi connectivity index (χ4n) is 2.61. The average molecular weight is 345 g/mol. The zero-order valence-electron chi connectivity index (χ0n) is 13.4. The lowest BCUT2D eigenvalue weighted by Gasteiger charge is -2.05. The molecular weight excluding hydrogens is 328 g/mol. The Hall–Kier alpha value is -2.60. The van der Waals surface area contributed by atoms with E-state index in [4.69, 9.17) is 11.6 Å². The van der Waals surface area contributed by atoms with Crippen molar-refractivity contribution in [3.63, 3.8) is 0 Å². The lowest BCUT2D eigenvalue weighted by atomic mass is 10.1. The molecule has 0 spiro atoms. The largest absolute Gasteiger partial charge is 0.464 e. The number of carbonyl (C=O) groups excluding carboxylic acids is 1. The van der Waals surface area contributed by atoms with Crippen molar-refractivity contribution in [1.29, 1.82) is 0 Å². The van der Waals surface area contributed by atoms with E-state index in [2.05, 4.69) is 31.0 Å². The number of benzene rings is 1. The van der Waals surface area contributed by atoms with E-state index in [-0.39, 0.29) is 5.69 Å². The van der Waals surface area contributed by atoms with E-state index in [1.165, 1.54) is 18.1 Å². The van der Waals surface area contributed by atoms with Crippen molar-refractivity contribution < 1.29 is 9.53 Å². The summed E-state index contributed by atoms with van der Waals surface area (Å²) in [7, 11) is 3.32. The van der Waals surface area contributed by atoms with Crippen LogP contribution in [0.15, 0.2) is 36.5 Å². The maximum atomic E-state index is 11.3. The molecule has 7 heteroatoms. The molecule has 1 aromatic carbocycles. The second-order valence-electron chi connectivity index (χ2n) is 5.40. The van der Waals surface area contributed by atoms with Crippen LogP contribution in [-0.4, -0.2) is 34.4 Å². The van der Waals surface area contributed by atoms with Crippen LogP contribution in [0.25, 0.3) is 10.9 Å². The lowest BCUT2D eigenvalue weighted by molar-refractivity contribution is 0.0593. The van der Waals surface area contributed by atoms with Crippen LogP contribution < -0.4 is 5.32 Å². The van der Waals surface area contributed by atoms with E-state index in [1.807, 2.05) is 25.2 Å². The quantitative estimate of drug-likeness (QED) is 0.720. The van der Waals surface area contributed by atoms with Crippen LogP contribution >= 0.6 is 11.6 Å². The van der Waals surface area contributed by atoms with Gasteiger partial charge in [0.05, 0.1) is 7.11 Å². The minimum Gasteiger partial charge on any atom is -0.464 e.